The van der Waals surface area contributed by atoms with Crippen molar-refractivity contribution < 1.29 is 279 Å². The molecule has 0 heterocycles. The van der Waals surface area contributed by atoms with Gasteiger partial charge in [0.25, 0.3) is 86.0 Å². The second kappa shape index (κ2) is 46.6. The Bertz CT molecular complexity index is 2460. The molecule has 0 aliphatic heterocycles. The van der Waals surface area contributed by atoms with Gasteiger partial charge in [-0.3, -0.25) is 54.6 Å². The average molecular weight is 1650 g/mol. The van der Waals surface area contributed by atoms with E-state index in [1.165, 1.54) is 0 Å². The normalized spacial score (nSPS) is 20.9. The summed E-state index contributed by atoms with van der Waals surface area (Å²) >= 11 is 0. The molecule has 0 aromatic heterocycles. The second-order valence-corrected chi connectivity index (χ2v) is 30.0. The van der Waals surface area contributed by atoms with Gasteiger partial charge in [-0.15, -0.1) is 11.8 Å². The van der Waals surface area contributed by atoms with Gasteiger partial charge in [-0.05, 0) is 0 Å². The van der Waals surface area contributed by atoms with Crippen LogP contribution in [0.5, 0.6) is 0 Å². The number of hydrogen-bond donors (Lipinski definition) is 2. The summed E-state index contributed by atoms with van der Waals surface area (Å²) in [4.78, 5) is 137. The molecule has 0 aromatic carbocycles. The quantitative estimate of drug-likeness (QED) is 0.0327. The number of aliphatic hydroxyl groups is 1. The van der Waals surface area contributed by atoms with Crippen LogP contribution in [0.3, 0.4) is 0 Å². The molecule has 0 saturated carbocycles. The minimum Gasteiger partial charge on any atom is -0.756 e. The molecule has 45 nitrogen and oxygen atoms in total. The third-order valence-electron chi connectivity index (χ3n) is 7.48. The van der Waals surface area contributed by atoms with Gasteiger partial charge in [0.15, 0.2) is 0 Å². The molecule has 0 aromatic rings. The van der Waals surface area contributed by atoms with E-state index in [0.717, 1.165) is 0 Å². The van der Waals surface area contributed by atoms with Crippen LogP contribution in [0, 0.1) is 31.6 Å². The van der Waals surface area contributed by atoms with E-state index in [9.17, 15) is 108 Å². The molecular formula is C28H55FO45P11Y2-13. The van der Waals surface area contributed by atoms with Gasteiger partial charge in [0.1, 0.15) is 0 Å². The summed E-state index contributed by atoms with van der Waals surface area (Å²) in [5.41, 5.74) is 0. The van der Waals surface area contributed by atoms with Crippen molar-refractivity contribution in [2.75, 3.05) is 152 Å². The Morgan fingerprint density at radius 1 is 0.287 bits per heavy atom. The van der Waals surface area contributed by atoms with Gasteiger partial charge in [0, 0.05) is 97.8 Å². The molecule has 0 bridgehead atoms. The number of halogens is 1. The van der Waals surface area contributed by atoms with Crippen LogP contribution in [0.25, 0.3) is 0 Å². The third kappa shape index (κ3) is 57.0. The van der Waals surface area contributed by atoms with Crippen molar-refractivity contribution in [3.8, 4) is 0 Å². The minimum atomic E-state index is -5.41. The Hall–Kier alpha value is 3.31. The SMILES string of the molecule is [CH2-]C(CO)COP(=O)([O-])OCCOP(=O)([O-])OCCOP(=O)([O-])OCCOP(=O)([O-])OCCOP(=O)([O-])OCC(CF)COP(=O)([O-])OCCOP(=O)([O-])OCCOP(=O)([O-])OCCOP(=O)([O-])OCCOP(=O)([O-])OCC([CH2-])COP(=O)([O-])O.[Y].[Y]. The van der Waals surface area contributed by atoms with Crippen LogP contribution >= 0.6 is 86.0 Å². The van der Waals surface area contributed by atoms with E-state index < -0.39 is 256 Å². The summed E-state index contributed by atoms with van der Waals surface area (Å²) in [6.45, 7) is -16.3. The first-order chi connectivity index (χ1) is 38.9. The largest absolute Gasteiger partial charge is 0.756 e. The van der Waals surface area contributed by atoms with Gasteiger partial charge in [0.2, 0.25) is 0 Å². The predicted molar refractivity (Wildman–Crippen MR) is 245 cm³/mol. The van der Waals surface area contributed by atoms with Crippen LogP contribution in [0.1, 0.15) is 0 Å². The minimum absolute atomic E-state index is 0. The molecule has 0 aliphatic carbocycles. The number of hydrogen-bond acceptors (Lipinski definition) is 44. The predicted octanol–water partition coefficient (Wildman–Crippen LogP) is -5.05. The molecule has 0 rings (SSSR count). The van der Waals surface area contributed by atoms with Crippen LogP contribution < -0.4 is 53.8 Å². The smallest absolute Gasteiger partial charge is 0.268 e. The second-order valence-electron chi connectivity index (χ2n) is 14.7. The zero-order chi connectivity index (χ0) is 65.3. The van der Waals surface area contributed by atoms with E-state index in [1.807, 2.05) is 0 Å². The number of phosphoric ester groups is 11. The maximum Gasteiger partial charge on any atom is 0.268 e. The summed E-state index contributed by atoms with van der Waals surface area (Å²) in [5.74, 6) is -3.61. The molecule has 0 fully saturated rings. The van der Waals surface area contributed by atoms with E-state index in [1.54, 1.807) is 0 Å². The molecule has 0 aliphatic rings. The van der Waals surface area contributed by atoms with Crippen molar-refractivity contribution in [1.29, 1.82) is 0 Å². The molecule has 59 heteroatoms. The fraction of sp³-hybridized carbons (Fsp3) is 0.929. The summed E-state index contributed by atoms with van der Waals surface area (Å²) in [5, 5.41) is 8.79. The average Bonchev–Trinajstić information content (AvgIpc) is 3.51. The van der Waals surface area contributed by atoms with Crippen molar-refractivity contribution in [2.24, 2.45) is 17.8 Å². The van der Waals surface area contributed by atoms with Gasteiger partial charge in [0.05, 0.1) is 126 Å². The third-order valence-corrected chi connectivity index (χ3v) is 17.8. The van der Waals surface area contributed by atoms with Crippen LogP contribution in [0.4, 0.5) is 4.39 Å². The van der Waals surface area contributed by atoms with Crippen LogP contribution in [0.15, 0.2) is 0 Å². The topological polar surface area (TPSA) is 676 Å². The van der Waals surface area contributed by atoms with E-state index >= 15 is 0 Å². The molecule has 0 amide bonds. The Morgan fingerprint density at radius 3 is 0.598 bits per heavy atom. The van der Waals surface area contributed by atoms with Crippen molar-refractivity contribution in [2.45, 2.75) is 0 Å². The van der Waals surface area contributed by atoms with Gasteiger partial charge >= 0.3 is 0 Å². The number of phosphoric acid groups is 11. The van der Waals surface area contributed by atoms with E-state index in [0.29, 0.717) is 0 Å². The zero-order valence-corrected chi connectivity index (χ0v) is 59.8. The number of aliphatic hydroxyl groups excluding tert-OH is 1. The van der Waals surface area contributed by atoms with Crippen molar-refractivity contribution in [3.05, 3.63) is 13.8 Å². The molecule has 14 atom stereocenters. The maximum atomic E-state index is 13.5. The van der Waals surface area contributed by atoms with Crippen molar-refractivity contribution >= 4 is 86.0 Å². The van der Waals surface area contributed by atoms with E-state index in [2.05, 4.69) is 109 Å². The Balaban J connectivity index is -0.0000353. The van der Waals surface area contributed by atoms with Crippen molar-refractivity contribution in [3.63, 3.8) is 0 Å². The van der Waals surface area contributed by atoms with Gasteiger partial charge in [-0.1, -0.05) is 0 Å². The summed E-state index contributed by atoms with van der Waals surface area (Å²) < 4.78 is 232. The summed E-state index contributed by atoms with van der Waals surface area (Å²) in [7, 11) is -57.6. The monoisotopic (exact) mass is 1650 g/mol. The van der Waals surface area contributed by atoms with Crippen LogP contribution in [-0.4, -0.2) is 162 Å². The van der Waals surface area contributed by atoms with Gasteiger partial charge in [-0.2, -0.15) is 0 Å². The fourth-order valence-corrected chi connectivity index (χ4v) is 11.5. The first-order valence-electron chi connectivity index (χ1n) is 22.4. The molecular weight excluding hydrogens is 1590 g/mol. The molecule has 87 heavy (non-hydrogen) atoms. The molecule has 0 spiro atoms. The number of rotatable bonds is 57. The van der Waals surface area contributed by atoms with Gasteiger partial charge in [-0.25, -0.2) is 0 Å². The molecule has 0 saturated heterocycles. The Labute approximate surface area is 544 Å². The fourth-order valence-electron chi connectivity index (χ4n) is 3.98. The van der Waals surface area contributed by atoms with E-state index in [4.69, 9.17) is 10.00 Å². The Morgan fingerprint density at radius 2 is 0.437 bits per heavy atom. The van der Waals surface area contributed by atoms with Crippen LogP contribution in [0.2, 0.25) is 0 Å². The Kier molecular flexibility index (Phi) is 50.6. The van der Waals surface area contributed by atoms with Gasteiger partial charge < -0.3 is 173 Å². The molecule has 518 valence electrons. The summed E-state index contributed by atoms with van der Waals surface area (Å²) in [6.07, 6.45) is 0. The summed E-state index contributed by atoms with van der Waals surface area (Å²) in [6, 6.07) is 0. The molecule has 14 unspecified atom stereocenters. The first-order valence-corrected chi connectivity index (χ1v) is 38.5. The molecule has 2 radical (unpaired) electrons. The maximum absolute atomic E-state index is 13.5. The molecule has 2 N–H and O–H groups in total. The standard InChI is InChI=1S/C28H66FO45P11.2Y/c1-26(20-30)21-71-82(46,47)66-15-11-62-78(38,39)58-7-3-54-76(34,35)56-5-9-60-80(42,43)64-13-17-68-84(50,51)73-24-28(19-29)25-74-85(52,53)69-18-14-65-81(44,45)61-10-6-57-77(36,37)55-4-8-59-79(40,41)63-12-16-67-83(48,49)72-23-27(2)22-70-75(31,32)33;;/h26-28,30H,1-25H2,(H,34,35)(H,36,37)(H,38,39)(H,40,41)(H,42,43)(H,44,45)(H,46,47)(H,48,49)(H,50,51)(H,52,53)(H2,31,32,33);;/q-2;;/p-11. The number of alkyl halides is 1. The van der Waals surface area contributed by atoms with Crippen molar-refractivity contribution in [1.82, 2.24) is 0 Å². The zero-order valence-electron chi connectivity index (χ0n) is 44.3. The van der Waals surface area contributed by atoms with E-state index in [-0.39, 0.29) is 65.4 Å². The van der Waals surface area contributed by atoms with Crippen LogP contribution in [-0.2, 0) is 211 Å². The first kappa shape index (κ1) is 94.5.